The standard InChI is InChI=1S/C19H19N5O4S/c1-12-4-7-15(16(9-12)24(26)27)20-17(25)11-29-19-22-21-18(13-5-6-13)23(19)10-14-3-2-8-28-14/h2-4,7-9,13H,5-6,10-11H2,1H3,(H,20,25). The Bertz CT molecular complexity index is 1040. The lowest BCUT2D eigenvalue weighted by molar-refractivity contribution is -0.384. The van der Waals surface area contributed by atoms with E-state index in [1.165, 1.54) is 17.8 Å². The number of furan rings is 1. The van der Waals surface area contributed by atoms with Crippen LogP contribution < -0.4 is 5.32 Å². The first kappa shape index (κ1) is 19.2. The Morgan fingerprint density at radius 1 is 1.38 bits per heavy atom. The predicted octanol–water partition coefficient (Wildman–Crippen LogP) is 3.74. The van der Waals surface area contributed by atoms with Crippen molar-refractivity contribution in [2.45, 2.75) is 37.4 Å². The molecular formula is C19H19N5O4S. The monoisotopic (exact) mass is 413 g/mol. The van der Waals surface area contributed by atoms with Crippen LogP contribution in [0, 0.1) is 17.0 Å². The average molecular weight is 413 g/mol. The van der Waals surface area contributed by atoms with E-state index in [0.717, 1.165) is 30.0 Å². The van der Waals surface area contributed by atoms with Crippen LogP contribution in [-0.4, -0.2) is 31.3 Å². The van der Waals surface area contributed by atoms with E-state index in [1.54, 1.807) is 25.3 Å². The van der Waals surface area contributed by atoms with Crippen LogP contribution in [0.3, 0.4) is 0 Å². The van der Waals surface area contributed by atoms with E-state index in [9.17, 15) is 14.9 Å². The van der Waals surface area contributed by atoms with Crippen LogP contribution in [-0.2, 0) is 11.3 Å². The van der Waals surface area contributed by atoms with Crippen LogP contribution in [0.15, 0.2) is 46.2 Å². The summed E-state index contributed by atoms with van der Waals surface area (Å²) in [5, 5.41) is 23.0. The minimum absolute atomic E-state index is 0.0615. The number of thioether (sulfide) groups is 1. The zero-order chi connectivity index (χ0) is 20.4. The Morgan fingerprint density at radius 3 is 2.90 bits per heavy atom. The number of aromatic nitrogens is 3. The van der Waals surface area contributed by atoms with Crippen LogP contribution in [0.4, 0.5) is 11.4 Å². The first-order chi connectivity index (χ1) is 14.0. The molecular weight excluding hydrogens is 394 g/mol. The molecule has 0 spiro atoms. The van der Waals surface area contributed by atoms with Crippen molar-refractivity contribution in [1.29, 1.82) is 0 Å². The highest BCUT2D eigenvalue weighted by Crippen LogP contribution is 2.40. The summed E-state index contributed by atoms with van der Waals surface area (Å²) >= 11 is 1.25. The van der Waals surface area contributed by atoms with Crippen LogP contribution in [0.2, 0.25) is 0 Å². The van der Waals surface area contributed by atoms with Gasteiger partial charge in [-0.1, -0.05) is 17.8 Å². The average Bonchev–Trinajstić information content (AvgIpc) is 3.25. The number of nitrogens with zero attached hydrogens (tertiary/aromatic N) is 4. The number of anilines is 1. The lowest BCUT2D eigenvalue weighted by atomic mass is 10.2. The highest BCUT2D eigenvalue weighted by atomic mass is 32.2. The van der Waals surface area contributed by atoms with Gasteiger partial charge in [-0.3, -0.25) is 19.5 Å². The summed E-state index contributed by atoms with van der Waals surface area (Å²) < 4.78 is 7.41. The fourth-order valence-corrected chi connectivity index (χ4v) is 3.72. The van der Waals surface area contributed by atoms with Crippen molar-refractivity contribution >= 4 is 29.0 Å². The highest BCUT2D eigenvalue weighted by molar-refractivity contribution is 7.99. The lowest BCUT2D eigenvalue weighted by Gasteiger charge is -2.09. The minimum atomic E-state index is -0.502. The Morgan fingerprint density at radius 2 is 2.21 bits per heavy atom. The molecule has 1 amide bonds. The molecule has 0 radical (unpaired) electrons. The Hall–Kier alpha value is -3.14. The number of aryl methyl sites for hydroxylation is 1. The summed E-state index contributed by atoms with van der Waals surface area (Å²) in [5.41, 5.74) is 0.810. The summed E-state index contributed by atoms with van der Waals surface area (Å²) in [7, 11) is 0. The number of carbonyl (C=O) groups excluding carboxylic acids is 1. The van der Waals surface area contributed by atoms with Gasteiger partial charge in [0.05, 0.1) is 23.5 Å². The molecule has 1 N–H and O–H groups in total. The third-order valence-electron chi connectivity index (χ3n) is 4.54. The molecule has 0 bridgehead atoms. The molecule has 1 fully saturated rings. The summed E-state index contributed by atoms with van der Waals surface area (Å²) in [4.78, 5) is 23.1. The van der Waals surface area contributed by atoms with Gasteiger partial charge in [0.2, 0.25) is 5.91 Å². The fraction of sp³-hybridized carbons (Fsp3) is 0.316. The number of rotatable bonds is 8. The van der Waals surface area contributed by atoms with E-state index in [1.807, 2.05) is 16.7 Å². The third kappa shape index (κ3) is 4.48. The molecule has 2 heterocycles. The van der Waals surface area contributed by atoms with Crippen LogP contribution >= 0.6 is 11.8 Å². The molecule has 1 saturated carbocycles. The number of carbonyl (C=O) groups is 1. The van der Waals surface area contributed by atoms with Crippen molar-refractivity contribution in [1.82, 2.24) is 14.8 Å². The molecule has 1 aromatic carbocycles. The molecule has 0 saturated heterocycles. The van der Waals surface area contributed by atoms with E-state index in [-0.39, 0.29) is 23.0 Å². The van der Waals surface area contributed by atoms with Crippen LogP contribution in [0.1, 0.15) is 35.9 Å². The highest BCUT2D eigenvalue weighted by Gasteiger charge is 2.31. The molecule has 4 rings (SSSR count). The van der Waals surface area contributed by atoms with Gasteiger partial charge in [0.15, 0.2) is 5.16 Å². The van der Waals surface area contributed by atoms with E-state index in [4.69, 9.17) is 4.42 Å². The first-order valence-electron chi connectivity index (χ1n) is 9.14. The quantitative estimate of drug-likeness (QED) is 0.340. The number of nitrogens with one attached hydrogen (secondary N) is 1. The van der Waals surface area contributed by atoms with Gasteiger partial charge in [-0.05, 0) is 43.5 Å². The van der Waals surface area contributed by atoms with Crippen molar-refractivity contribution in [3.05, 3.63) is 63.9 Å². The van der Waals surface area contributed by atoms with Crippen molar-refractivity contribution in [3.63, 3.8) is 0 Å². The zero-order valence-corrected chi connectivity index (χ0v) is 16.5. The van der Waals surface area contributed by atoms with Gasteiger partial charge >= 0.3 is 0 Å². The molecule has 9 nitrogen and oxygen atoms in total. The normalized spacial score (nSPS) is 13.4. The van der Waals surface area contributed by atoms with Gasteiger partial charge in [0.25, 0.3) is 5.69 Å². The van der Waals surface area contributed by atoms with Crippen molar-refractivity contribution in [3.8, 4) is 0 Å². The van der Waals surface area contributed by atoms with Gasteiger partial charge in [0.1, 0.15) is 17.3 Å². The summed E-state index contributed by atoms with van der Waals surface area (Å²) in [6.45, 7) is 2.26. The summed E-state index contributed by atoms with van der Waals surface area (Å²) in [6, 6.07) is 8.41. The van der Waals surface area contributed by atoms with Gasteiger partial charge < -0.3 is 9.73 Å². The summed E-state index contributed by atoms with van der Waals surface area (Å²) in [6.07, 6.45) is 3.78. The Kier molecular flexibility index (Phi) is 5.34. The zero-order valence-electron chi connectivity index (χ0n) is 15.7. The van der Waals surface area contributed by atoms with E-state index in [0.29, 0.717) is 17.6 Å². The van der Waals surface area contributed by atoms with Crippen molar-refractivity contribution in [2.75, 3.05) is 11.1 Å². The molecule has 0 unspecified atom stereocenters. The Balaban J connectivity index is 1.45. The van der Waals surface area contributed by atoms with Gasteiger partial charge in [-0.25, -0.2) is 0 Å². The number of nitro groups is 1. The number of nitro benzene ring substituents is 1. The molecule has 150 valence electrons. The van der Waals surface area contributed by atoms with Crippen LogP contribution in [0.5, 0.6) is 0 Å². The molecule has 1 aliphatic carbocycles. The minimum Gasteiger partial charge on any atom is -0.467 e. The topological polar surface area (TPSA) is 116 Å². The number of hydrogen-bond donors (Lipinski definition) is 1. The smallest absolute Gasteiger partial charge is 0.293 e. The number of benzene rings is 1. The number of hydrogen-bond acceptors (Lipinski definition) is 7. The van der Waals surface area contributed by atoms with E-state index < -0.39 is 4.92 Å². The predicted molar refractivity (Wildman–Crippen MR) is 107 cm³/mol. The van der Waals surface area contributed by atoms with Crippen molar-refractivity contribution < 1.29 is 14.1 Å². The SMILES string of the molecule is Cc1ccc(NC(=O)CSc2nnc(C3CC3)n2Cc2ccco2)c([N+](=O)[O-])c1. The largest absolute Gasteiger partial charge is 0.467 e. The maximum atomic E-state index is 12.4. The van der Waals surface area contributed by atoms with Gasteiger partial charge in [-0.15, -0.1) is 10.2 Å². The lowest BCUT2D eigenvalue weighted by Crippen LogP contribution is -2.16. The van der Waals surface area contributed by atoms with Gasteiger partial charge in [-0.2, -0.15) is 0 Å². The summed E-state index contributed by atoms with van der Waals surface area (Å²) in [5.74, 6) is 1.80. The fourth-order valence-electron chi connectivity index (χ4n) is 2.97. The Labute approximate surface area is 170 Å². The maximum Gasteiger partial charge on any atom is 0.293 e. The molecule has 29 heavy (non-hydrogen) atoms. The van der Waals surface area contributed by atoms with E-state index >= 15 is 0 Å². The molecule has 3 aromatic rings. The molecule has 0 atom stereocenters. The molecule has 0 aliphatic heterocycles. The van der Waals surface area contributed by atoms with Crippen LogP contribution in [0.25, 0.3) is 0 Å². The van der Waals surface area contributed by atoms with E-state index in [2.05, 4.69) is 15.5 Å². The first-order valence-corrected chi connectivity index (χ1v) is 10.1. The molecule has 1 aliphatic rings. The molecule has 2 aromatic heterocycles. The number of amides is 1. The maximum absolute atomic E-state index is 12.4. The molecule has 10 heteroatoms. The van der Waals surface area contributed by atoms with Gasteiger partial charge in [0, 0.05) is 12.0 Å². The second-order valence-corrected chi connectivity index (χ2v) is 7.84. The third-order valence-corrected chi connectivity index (χ3v) is 5.51. The second-order valence-electron chi connectivity index (χ2n) is 6.90. The van der Waals surface area contributed by atoms with Crippen molar-refractivity contribution in [2.24, 2.45) is 0 Å². The second kappa shape index (κ2) is 8.08.